The van der Waals surface area contributed by atoms with Crippen molar-refractivity contribution in [3.8, 4) is 0 Å². The van der Waals surface area contributed by atoms with Crippen LogP contribution in [-0.4, -0.2) is 18.4 Å². The topological polar surface area (TPSA) is 43.4 Å². The lowest BCUT2D eigenvalue weighted by Crippen LogP contribution is -2.20. The Morgan fingerprint density at radius 3 is 2.67 bits per heavy atom. The first kappa shape index (κ1) is 15.7. The largest absolute Gasteiger partial charge is 0.465 e. The average Bonchev–Trinajstić information content (AvgIpc) is 2.45. The number of hydrogen-bond acceptors (Lipinski definition) is 3. The van der Waals surface area contributed by atoms with Gasteiger partial charge in [0.15, 0.2) is 0 Å². The summed E-state index contributed by atoms with van der Waals surface area (Å²) >= 11 is 0. The lowest BCUT2D eigenvalue weighted by Gasteiger charge is -2.26. The molecule has 2 bridgehead atoms. The van der Waals surface area contributed by atoms with Crippen LogP contribution in [0.3, 0.4) is 0 Å². The highest BCUT2D eigenvalue weighted by molar-refractivity contribution is 5.79. The molecule has 1 heterocycles. The van der Waals surface area contributed by atoms with Crippen LogP contribution in [0.4, 0.5) is 0 Å². The summed E-state index contributed by atoms with van der Waals surface area (Å²) in [7, 11) is 0. The highest BCUT2D eigenvalue weighted by Crippen LogP contribution is 2.29. The van der Waals surface area contributed by atoms with Crippen LogP contribution in [0.25, 0.3) is 0 Å². The average molecular weight is 288 g/mol. The van der Waals surface area contributed by atoms with Crippen LogP contribution >= 0.6 is 0 Å². The van der Waals surface area contributed by atoms with Crippen molar-refractivity contribution in [2.45, 2.75) is 57.8 Å². The smallest absolute Gasteiger partial charge is 0.305 e. The molecular weight excluding hydrogens is 264 g/mol. The SMILES string of the molecule is CC1(C)CCC(=O)CCOC(=O)CCCc2cccc1c2. The minimum Gasteiger partial charge on any atom is -0.465 e. The molecule has 1 aromatic carbocycles. The minimum absolute atomic E-state index is 0.00748. The van der Waals surface area contributed by atoms with Crippen LogP contribution in [-0.2, 0) is 26.2 Å². The molecule has 0 saturated carbocycles. The minimum atomic E-state index is -0.198. The Kier molecular flexibility index (Phi) is 5.16. The molecule has 0 fully saturated rings. The molecule has 3 heteroatoms. The normalized spacial score (nSPS) is 20.5. The van der Waals surface area contributed by atoms with Crippen molar-refractivity contribution in [1.82, 2.24) is 0 Å². The van der Waals surface area contributed by atoms with E-state index in [9.17, 15) is 9.59 Å². The van der Waals surface area contributed by atoms with Crippen molar-refractivity contribution >= 4 is 11.8 Å². The number of cyclic esters (lactones) is 1. The number of hydrogen-bond donors (Lipinski definition) is 0. The van der Waals surface area contributed by atoms with Gasteiger partial charge in [0.05, 0.1) is 6.61 Å². The first-order valence-electron chi connectivity index (χ1n) is 7.74. The third kappa shape index (κ3) is 4.69. The molecule has 0 aromatic heterocycles. The van der Waals surface area contributed by atoms with E-state index in [1.165, 1.54) is 11.1 Å². The van der Waals surface area contributed by atoms with Gasteiger partial charge in [-0.3, -0.25) is 9.59 Å². The van der Waals surface area contributed by atoms with E-state index in [1.54, 1.807) is 0 Å². The monoisotopic (exact) mass is 288 g/mol. The number of benzene rings is 1. The molecule has 1 aliphatic rings. The number of esters is 1. The van der Waals surface area contributed by atoms with E-state index in [0.29, 0.717) is 19.3 Å². The molecule has 0 saturated heterocycles. The molecule has 0 atom stereocenters. The molecule has 1 aromatic rings. The molecule has 2 rings (SSSR count). The van der Waals surface area contributed by atoms with Gasteiger partial charge in [-0.1, -0.05) is 38.1 Å². The van der Waals surface area contributed by atoms with Crippen molar-refractivity contribution in [3.05, 3.63) is 35.4 Å². The number of ketones is 1. The summed E-state index contributed by atoms with van der Waals surface area (Å²) in [5.41, 5.74) is 2.51. The Morgan fingerprint density at radius 2 is 1.86 bits per heavy atom. The summed E-state index contributed by atoms with van der Waals surface area (Å²) in [5.74, 6) is -0.0274. The third-order valence-corrected chi connectivity index (χ3v) is 4.23. The molecule has 21 heavy (non-hydrogen) atoms. The van der Waals surface area contributed by atoms with Gasteiger partial charge in [0.1, 0.15) is 5.78 Å². The van der Waals surface area contributed by atoms with Crippen LogP contribution < -0.4 is 0 Å². The number of carbonyl (C=O) groups excluding carboxylic acids is 2. The quantitative estimate of drug-likeness (QED) is 0.685. The molecule has 114 valence electrons. The van der Waals surface area contributed by atoms with Crippen LogP contribution in [0, 0.1) is 0 Å². The Balaban J connectivity index is 2.18. The summed E-state index contributed by atoms with van der Waals surface area (Å²) in [4.78, 5) is 23.4. The van der Waals surface area contributed by atoms with E-state index in [2.05, 4.69) is 38.1 Å². The molecule has 0 radical (unpaired) electrons. The summed E-state index contributed by atoms with van der Waals surface area (Å²) in [6, 6.07) is 8.51. The summed E-state index contributed by atoms with van der Waals surface area (Å²) in [6.45, 7) is 4.60. The molecule has 0 spiro atoms. The highest BCUT2D eigenvalue weighted by Gasteiger charge is 2.22. The molecule has 0 amide bonds. The fourth-order valence-corrected chi connectivity index (χ4v) is 2.66. The van der Waals surface area contributed by atoms with Gasteiger partial charge in [-0.05, 0) is 35.8 Å². The number of rotatable bonds is 0. The van der Waals surface area contributed by atoms with E-state index in [1.807, 2.05) is 0 Å². The molecule has 3 nitrogen and oxygen atoms in total. The van der Waals surface area contributed by atoms with Crippen LogP contribution in [0.1, 0.15) is 57.1 Å². The number of ether oxygens (including phenoxy) is 1. The van der Waals surface area contributed by atoms with Crippen molar-refractivity contribution in [1.29, 1.82) is 0 Å². The number of Topliss-reactive ketones (excluding diaryl/α,β-unsaturated/α-hetero) is 1. The molecule has 0 unspecified atom stereocenters. The molecule has 1 aliphatic heterocycles. The second-order valence-corrected chi connectivity index (χ2v) is 6.45. The summed E-state index contributed by atoms with van der Waals surface area (Å²) < 4.78 is 5.10. The van der Waals surface area contributed by atoms with Crippen LogP contribution in [0.5, 0.6) is 0 Å². The lowest BCUT2D eigenvalue weighted by atomic mass is 9.79. The third-order valence-electron chi connectivity index (χ3n) is 4.23. The summed E-state index contributed by atoms with van der Waals surface area (Å²) in [5, 5.41) is 0. The van der Waals surface area contributed by atoms with E-state index in [4.69, 9.17) is 4.74 Å². The van der Waals surface area contributed by atoms with Gasteiger partial charge in [0.25, 0.3) is 0 Å². The Labute approximate surface area is 126 Å². The predicted octanol–water partition coefficient (Wildman–Crippen LogP) is 3.58. The van der Waals surface area contributed by atoms with Crippen LogP contribution in [0.2, 0.25) is 0 Å². The van der Waals surface area contributed by atoms with Crippen molar-refractivity contribution in [3.63, 3.8) is 0 Å². The zero-order valence-corrected chi connectivity index (χ0v) is 13.0. The first-order chi connectivity index (χ1) is 9.97. The Hall–Kier alpha value is -1.64. The fraction of sp³-hybridized carbons (Fsp3) is 0.556. The van der Waals surface area contributed by atoms with Crippen molar-refractivity contribution < 1.29 is 14.3 Å². The lowest BCUT2D eigenvalue weighted by molar-refractivity contribution is -0.144. The molecule has 0 N–H and O–H groups in total. The Bertz CT molecular complexity index is 517. The number of aryl methyl sites for hydroxylation is 1. The predicted molar refractivity (Wildman–Crippen MR) is 82.2 cm³/mol. The van der Waals surface area contributed by atoms with E-state index >= 15 is 0 Å². The van der Waals surface area contributed by atoms with E-state index < -0.39 is 0 Å². The maximum atomic E-state index is 11.9. The van der Waals surface area contributed by atoms with Gasteiger partial charge >= 0.3 is 5.97 Å². The highest BCUT2D eigenvalue weighted by atomic mass is 16.5. The fourth-order valence-electron chi connectivity index (χ4n) is 2.66. The second kappa shape index (κ2) is 6.88. The first-order valence-corrected chi connectivity index (χ1v) is 7.74. The van der Waals surface area contributed by atoms with Crippen LogP contribution in [0.15, 0.2) is 24.3 Å². The summed E-state index contributed by atoms with van der Waals surface area (Å²) in [6.07, 6.45) is 3.79. The zero-order chi connectivity index (χ0) is 15.3. The van der Waals surface area contributed by atoms with E-state index in [-0.39, 0.29) is 23.8 Å². The van der Waals surface area contributed by atoms with Gasteiger partial charge in [-0.2, -0.15) is 0 Å². The standard InChI is InChI=1S/C18H24O3/c1-18(2)11-9-16(19)10-12-21-17(20)8-4-6-14-5-3-7-15(18)13-14/h3,5,7,13H,4,6,8-12H2,1-2H3. The number of carbonyl (C=O) groups is 2. The maximum absolute atomic E-state index is 11.9. The number of fused-ring (bicyclic) bond motifs is 2. The van der Waals surface area contributed by atoms with Gasteiger partial charge in [-0.15, -0.1) is 0 Å². The maximum Gasteiger partial charge on any atom is 0.305 e. The van der Waals surface area contributed by atoms with Gasteiger partial charge in [-0.25, -0.2) is 0 Å². The Morgan fingerprint density at radius 1 is 1.05 bits per heavy atom. The molecule has 0 aliphatic carbocycles. The van der Waals surface area contributed by atoms with E-state index in [0.717, 1.165) is 19.3 Å². The zero-order valence-electron chi connectivity index (χ0n) is 13.0. The second-order valence-electron chi connectivity index (χ2n) is 6.45. The van der Waals surface area contributed by atoms with Gasteiger partial charge < -0.3 is 4.74 Å². The van der Waals surface area contributed by atoms with Crippen molar-refractivity contribution in [2.75, 3.05) is 6.61 Å². The molecular formula is C18H24O3. The van der Waals surface area contributed by atoms with Crippen molar-refractivity contribution in [2.24, 2.45) is 0 Å². The van der Waals surface area contributed by atoms with Gasteiger partial charge in [0, 0.05) is 19.3 Å². The van der Waals surface area contributed by atoms with Gasteiger partial charge in [0.2, 0.25) is 0 Å².